The predicted octanol–water partition coefficient (Wildman–Crippen LogP) is 2.42. The second-order valence-corrected chi connectivity index (χ2v) is 7.48. The maximum absolute atomic E-state index is 12.5. The third kappa shape index (κ3) is 3.87. The Morgan fingerprint density at radius 1 is 1.29 bits per heavy atom. The van der Waals surface area contributed by atoms with Gasteiger partial charge in [-0.3, -0.25) is 15.4 Å². The Hall–Kier alpha value is -2.87. The molecule has 2 aliphatic rings. The molecule has 2 aromatic rings. The number of amides is 3. The number of nitrogens with one attached hydrogen (secondary N) is 4. The van der Waals surface area contributed by atoms with E-state index in [0.717, 1.165) is 30.5 Å². The van der Waals surface area contributed by atoms with E-state index >= 15 is 0 Å². The molecule has 1 aliphatic heterocycles. The number of carbonyl (C=O) groups excluding carboxylic acids is 2. The second kappa shape index (κ2) is 7.63. The molecule has 2 fully saturated rings. The summed E-state index contributed by atoms with van der Waals surface area (Å²) in [6.45, 7) is 3.99. The number of benzene rings is 1. The molecule has 1 aliphatic carbocycles. The number of aromatic nitrogens is 2. The van der Waals surface area contributed by atoms with Crippen LogP contribution in [0, 0.1) is 5.92 Å². The number of urea groups is 1. The van der Waals surface area contributed by atoms with E-state index in [9.17, 15) is 9.59 Å². The highest BCUT2D eigenvalue weighted by atomic mass is 16.2. The SMILES string of the molecule is CCC1C(=O)NC(n2nc(-c3ccccc3)cc2NC(=O)NC2CC2)NC1C. The van der Waals surface area contributed by atoms with Crippen LogP contribution in [-0.4, -0.2) is 33.8 Å². The maximum Gasteiger partial charge on any atom is 0.320 e. The van der Waals surface area contributed by atoms with Gasteiger partial charge in [0, 0.05) is 23.7 Å². The molecule has 8 heteroatoms. The highest BCUT2D eigenvalue weighted by Gasteiger charge is 2.34. The Morgan fingerprint density at radius 2 is 2.04 bits per heavy atom. The van der Waals surface area contributed by atoms with Gasteiger partial charge in [0.2, 0.25) is 5.91 Å². The molecule has 0 bridgehead atoms. The molecule has 3 unspecified atom stereocenters. The molecule has 4 N–H and O–H groups in total. The zero-order valence-corrected chi connectivity index (χ0v) is 16.1. The topological polar surface area (TPSA) is 100 Å². The fraction of sp³-hybridized carbons (Fsp3) is 0.450. The lowest BCUT2D eigenvalue weighted by molar-refractivity contribution is -0.130. The predicted molar refractivity (Wildman–Crippen MR) is 106 cm³/mol. The van der Waals surface area contributed by atoms with Gasteiger partial charge in [-0.05, 0) is 26.2 Å². The van der Waals surface area contributed by atoms with Crippen LogP contribution in [0.5, 0.6) is 0 Å². The van der Waals surface area contributed by atoms with Gasteiger partial charge >= 0.3 is 6.03 Å². The monoisotopic (exact) mass is 382 g/mol. The van der Waals surface area contributed by atoms with E-state index in [1.54, 1.807) is 4.68 Å². The Bertz CT molecular complexity index is 861. The van der Waals surface area contributed by atoms with Crippen molar-refractivity contribution in [3.05, 3.63) is 36.4 Å². The molecule has 1 saturated carbocycles. The highest BCUT2D eigenvalue weighted by molar-refractivity contribution is 5.89. The van der Waals surface area contributed by atoms with Crippen LogP contribution >= 0.6 is 0 Å². The Kier molecular flexibility index (Phi) is 5.04. The quantitative estimate of drug-likeness (QED) is 0.638. The minimum absolute atomic E-state index is 0.00117. The summed E-state index contributed by atoms with van der Waals surface area (Å²) in [4.78, 5) is 24.8. The number of hydrogen-bond donors (Lipinski definition) is 4. The lowest BCUT2D eigenvalue weighted by atomic mass is 9.95. The molecule has 3 atom stereocenters. The molecule has 1 aromatic heterocycles. The second-order valence-electron chi connectivity index (χ2n) is 7.48. The van der Waals surface area contributed by atoms with Crippen LogP contribution in [0.15, 0.2) is 36.4 Å². The minimum Gasteiger partial charge on any atom is -0.335 e. The standard InChI is InChI=1S/C20H26N6O2/c1-3-15-12(2)21-19(24-18(15)27)26-17(23-20(28)22-14-9-10-14)11-16(25-26)13-7-5-4-6-8-13/h4-8,11-12,14-15,19,21H,3,9-10H2,1-2H3,(H,24,27)(H2,22,23,28). The first-order valence-electron chi connectivity index (χ1n) is 9.84. The number of rotatable bonds is 5. The smallest absolute Gasteiger partial charge is 0.320 e. The largest absolute Gasteiger partial charge is 0.335 e. The van der Waals surface area contributed by atoms with Gasteiger partial charge in [0.15, 0.2) is 6.29 Å². The Morgan fingerprint density at radius 3 is 2.68 bits per heavy atom. The van der Waals surface area contributed by atoms with Crippen molar-refractivity contribution in [1.29, 1.82) is 0 Å². The van der Waals surface area contributed by atoms with Crippen LogP contribution < -0.4 is 21.3 Å². The van der Waals surface area contributed by atoms with Crippen LogP contribution in [0.2, 0.25) is 0 Å². The number of carbonyl (C=O) groups is 2. The summed E-state index contributed by atoms with van der Waals surface area (Å²) in [5, 5.41) is 16.8. The first-order valence-corrected chi connectivity index (χ1v) is 9.84. The number of anilines is 1. The van der Waals surface area contributed by atoms with Crippen molar-refractivity contribution in [2.75, 3.05) is 5.32 Å². The van der Waals surface area contributed by atoms with Gasteiger partial charge in [0.1, 0.15) is 5.82 Å². The Balaban J connectivity index is 1.63. The van der Waals surface area contributed by atoms with Gasteiger partial charge in [-0.25, -0.2) is 9.48 Å². The summed E-state index contributed by atoms with van der Waals surface area (Å²) in [6, 6.07) is 11.6. The van der Waals surface area contributed by atoms with Crippen molar-refractivity contribution in [3.8, 4) is 11.3 Å². The van der Waals surface area contributed by atoms with Crippen molar-refractivity contribution in [2.45, 2.75) is 51.5 Å². The van der Waals surface area contributed by atoms with E-state index in [4.69, 9.17) is 0 Å². The molecule has 28 heavy (non-hydrogen) atoms. The molecule has 0 spiro atoms. The molecule has 1 aromatic carbocycles. The first kappa shape index (κ1) is 18.5. The van der Waals surface area contributed by atoms with E-state index in [0.29, 0.717) is 5.82 Å². The molecule has 2 heterocycles. The Labute approximate surface area is 164 Å². The zero-order chi connectivity index (χ0) is 19.7. The normalized spacial score (nSPS) is 24.5. The van der Waals surface area contributed by atoms with Crippen molar-refractivity contribution >= 4 is 17.8 Å². The molecule has 1 saturated heterocycles. The third-order valence-electron chi connectivity index (χ3n) is 5.28. The number of nitrogens with zero attached hydrogens (tertiary/aromatic N) is 2. The summed E-state index contributed by atoms with van der Waals surface area (Å²) in [6.07, 6.45) is 2.26. The lowest BCUT2D eigenvalue weighted by Gasteiger charge is -2.35. The average molecular weight is 382 g/mol. The summed E-state index contributed by atoms with van der Waals surface area (Å²) in [5.74, 6) is 0.427. The fourth-order valence-electron chi connectivity index (χ4n) is 3.55. The summed E-state index contributed by atoms with van der Waals surface area (Å²) < 4.78 is 1.63. The third-order valence-corrected chi connectivity index (χ3v) is 5.28. The van der Waals surface area contributed by atoms with Gasteiger partial charge in [-0.15, -0.1) is 0 Å². The van der Waals surface area contributed by atoms with Gasteiger partial charge in [-0.2, -0.15) is 5.10 Å². The fourth-order valence-corrected chi connectivity index (χ4v) is 3.55. The van der Waals surface area contributed by atoms with Crippen LogP contribution in [0.3, 0.4) is 0 Å². The van der Waals surface area contributed by atoms with Crippen molar-refractivity contribution in [1.82, 2.24) is 25.7 Å². The molecule has 4 rings (SSSR count). The lowest BCUT2D eigenvalue weighted by Crippen LogP contribution is -2.57. The van der Waals surface area contributed by atoms with Crippen LogP contribution in [-0.2, 0) is 4.79 Å². The van der Waals surface area contributed by atoms with Gasteiger partial charge in [0.05, 0.1) is 11.6 Å². The van der Waals surface area contributed by atoms with E-state index in [-0.39, 0.29) is 29.9 Å². The van der Waals surface area contributed by atoms with Crippen LogP contribution in [0.4, 0.5) is 10.6 Å². The highest BCUT2D eigenvalue weighted by Crippen LogP contribution is 2.26. The van der Waals surface area contributed by atoms with E-state index in [1.807, 2.05) is 50.2 Å². The van der Waals surface area contributed by atoms with Crippen LogP contribution in [0.25, 0.3) is 11.3 Å². The van der Waals surface area contributed by atoms with E-state index in [2.05, 4.69) is 26.4 Å². The van der Waals surface area contributed by atoms with Crippen LogP contribution in [0.1, 0.15) is 39.4 Å². The van der Waals surface area contributed by atoms with Crippen molar-refractivity contribution in [2.24, 2.45) is 5.92 Å². The summed E-state index contributed by atoms with van der Waals surface area (Å²) in [7, 11) is 0. The molecule has 3 amide bonds. The van der Waals surface area contributed by atoms with Gasteiger partial charge < -0.3 is 10.6 Å². The van der Waals surface area contributed by atoms with Gasteiger partial charge in [-0.1, -0.05) is 37.3 Å². The van der Waals surface area contributed by atoms with Gasteiger partial charge in [0.25, 0.3) is 0 Å². The summed E-state index contributed by atoms with van der Waals surface area (Å²) >= 11 is 0. The van der Waals surface area contributed by atoms with E-state index < -0.39 is 6.29 Å². The molecular weight excluding hydrogens is 356 g/mol. The van der Waals surface area contributed by atoms with E-state index in [1.165, 1.54) is 0 Å². The maximum atomic E-state index is 12.5. The first-order chi connectivity index (χ1) is 13.5. The average Bonchev–Trinajstić information content (AvgIpc) is 3.38. The molecule has 0 radical (unpaired) electrons. The number of hydrogen-bond acceptors (Lipinski definition) is 4. The molecular formula is C20H26N6O2. The summed E-state index contributed by atoms with van der Waals surface area (Å²) in [5.41, 5.74) is 1.66. The van der Waals surface area contributed by atoms with Crippen molar-refractivity contribution in [3.63, 3.8) is 0 Å². The minimum atomic E-state index is -0.529. The molecule has 148 valence electrons. The molecule has 8 nitrogen and oxygen atoms in total. The van der Waals surface area contributed by atoms with Crippen molar-refractivity contribution < 1.29 is 9.59 Å². The zero-order valence-electron chi connectivity index (χ0n) is 16.1.